The van der Waals surface area contributed by atoms with Gasteiger partial charge in [-0.2, -0.15) is 13.2 Å². The molecule has 184 valence electrons. The van der Waals surface area contributed by atoms with Gasteiger partial charge in [-0.3, -0.25) is 9.78 Å². The topological polar surface area (TPSA) is 71.0 Å². The van der Waals surface area contributed by atoms with Crippen molar-refractivity contribution in [1.82, 2.24) is 19.9 Å². The molecule has 0 saturated carbocycles. The number of carbonyl (C=O) groups excluding carboxylic acids is 1. The van der Waals surface area contributed by atoms with Gasteiger partial charge in [-0.15, -0.1) is 0 Å². The van der Waals surface area contributed by atoms with E-state index in [4.69, 9.17) is 0 Å². The van der Waals surface area contributed by atoms with Crippen molar-refractivity contribution in [2.24, 2.45) is 0 Å². The Morgan fingerprint density at radius 2 is 1.94 bits per heavy atom. The van der Waals surface area contributed by atoms with Crippen LogP contribution >= 0.6 is 0 Å². The number of amides is 1. The number of anilines is 1. The summed E-state index contributed by atoms with van der Waals surface area (Å²) in [5, 5.41) is 2.79. The molecule has 3 aromatic heterocycles. The van der Waals surface area contributed by atoms with Crippen molar-refractivity contribution in [3.05, 3.63) is 71.8 Å². The molecule has 0 aliphatic carbocycles. The summed E-state index contributed by atoms with van der Waals surface area (Å²) >= 11 is 0. The third-order valence-electron chi connectivity index (χ3n) is 5.74. The van der Waals surface area contributed by atoms with Gasteiger partial charge in [-0.1, -0.05) is 6.07 Å². The molecule has 1 atom stereocenters. The molecule has 1 aliphatic heterocycles. The molecule has 4 heterocycles. The highest BCUT2D eigenvalue weighted by Crippen LogP contribution is 2.34. The quantitative estimate of drug-likeness (QED) is 0.496. The van der Waals surface area contributed by atoms with Crippen LogP contribution < -0.4 is 5.32 Å². The molecule has 0 radical (unpaired) electrons. The average Bonchev–Trinajstić information content (AvgIpc) is 2.82. The van der Waals surface area contributed by atoms with E-state index in [0.29, 0.717) is 23.1 Å². The molecule has 1 saturated heterocycles. The summed E-state index contributed by atoms with van der Waals surface area (Å²) in [5.41, 5.74) is 0.770. The van der Waals surface area contributed by atoms with Crippen molar-refractivity contribution in [2.45, 2.75) is 37.9 Å². The summed E-state index contributed by atoms with van der Waals surface area (Å²) in [6, 6.07) is 9.71. The average molecular weight is 491 g/mol. The summed E-state index contributed by atoms with van der Waals surface area (Å²) in [6.07, 6.45) is -3.40. The van der Waals surface area contributed by atoms with Crippen molar-refractivity contribution < 1.29 is 26.7 Å². The Labute approximate surface area is 198 Å². The third-order valence-corrected chi connectivity index (χ3v) is 5.74. The minimum Gasteiger partial charge on any atom is -0.368 e. The first-order valence-electron chi connectivity index (χ1n) is 10.9. The van der Waals surface area contributed by atoms with E-state index in [-0.39, 0.29) is 24.6 Å². The Morgan fingerprint density at radius 3 is 2.60 bits per heavy atom. The standard InChI is InChI=1S/C24H22F5N5O/c1-15-5-7-18(19-4-2-3-10-30-19)21(33-15)22(35)34-11-9-23(25,26)12-17(34)14-32-20-8-6-16(13-31-20)24(27,28)29/h2-8,10,13,17H,9,11-12,14H2,1H3,(H,31,32). The van der Waals surface area contributed by atoms with Gasteiger partial charge >= 0.3 is 6.18 Å². The van der Waals surface area contributed by atoms with Gasteiger partial charge in [0.15, 0.2) is 0 Å². The molecule has 4 rings (SSSR count). The zero-order chi connectivity index (χ0) is 25.2. The highest BCUT2D eigenvalue weighted by Gasteiger charge is 2.43. The van der Waals surface area contributed by atoms with Gasteiger partial charge in [0.05, 0.1) is 17.3 Å². The first-order chi connectivity index (χ1) is 16.5. The monoisotopic (exact) mass is 491 g/mol. The number of aromatic nitrogens is 3. The van der Waals surface area contributed by atoms with Crippen molar-refractivity contribution >= 4 is 11.7 Å². The lowest BCUT2D eigenvalue weighted by Crippen LogP contribution is -2.52. The van der Waals surface area contributed by atoms with Gasteiger partial charge < -0.3 is 10.2 Å². The van der Waals surface area contributed by atoms with E-state index in [9.17, 15) is 26.7 Å². The van der Waals surface area contributed by atoms with Crippen LogP contribution in [0.4, 0.5) is 27.8 Å². The fraction of sp³-hybridized carbons (Fsp3) is 0.333. The van der Waals surface area contributed by atoms with Crippen molar-refractivity contribution in [2.75, 3.05) is 18.4 Å². The second-order valence-corrected chi connectivity index (χ2v) is 8.34. The number of alkyl halides is 5. The SMILES string of the molecule is Cc1ccc(-c2ccccn2)c(C(=O)N2CCC(F)(F)CC2CNc2ccc(C(F)(F)F)cn2)n1. The molecule has 1 fully saturated rings. The normalized spacial score (nSPS) is 17.8. The zero-order valence-electron chi connectivity index (χ0n) is 18.7. The lowest BCUT2D eigenvalue weighted by molar-refractivity contribution is -0.137. The third kappa shape index (κ3) is 5.72. The van der Waals surface area contributed by atoms with Crippen molar-refractivity contribution in [3.8, 4) is 11.3 Å². The highest BCUT2D eigenvalue weighted by molar-refractivity contribution is 5.99. The summed E-state index contributed by atoms with van der Waals surface area (Å²) in [7, 11) is 0. The summed E-state index contributed by atoms with van der Waals surface area (Å²) < 4.78 is 66.9. The number of hydrogen-bond acceptors (Lipinski definition) is 5. The van der Waals surface area contributed by atoms with Crippen LogP contribution in [0.15, 0.2) is 54.9 Å². The molecule has 0 aromatic carbocycles. The van der Waals surface area contributed by atoms with Crippen LogP contribution in [-0.4, -0.2) is 50.8 Å². The highest BCUT2D eigenvalue weighted by atomic mass is 19.4. The van der Waals surface area contributed by atoms with Crippen LogP contribution in [0, 0.1) is 6.92 Å². The van der Waals surface area contributed by atoms with Crippen LogP contribution in [0.2, 0.25) is 0 Å². The van der Waals surface area contributed by atoms with Crippen LogP contribution in [0.1, 0.15) is 34.6 Å². The zero-order valence-corrected chi connectivity index (χ0v) is 18.7. The predicted molar refractivity (Wildman–Crippen MR) is 119 cm³/mol. The molecule has 0 spiro atoms. The summed E-state index contributed by atoms with van der Waals surface area (Å²) in [6.45, 7) is 1.40. The molecule has 6 nitrogen and oxygen atoms in total. The predicted octanol–water partition coefficient (Wildman–Crippen LogP) is 5.22. The van der Waals surface area contributed by atoms with Crippen LogP contribution in [0.5, 0.6) is 0 Å². The van der Waals surface area contributed by atoms with Gasteiger partial charge in [0.25, 0.3) is 11.8 Å². The second-order valence-electron chi connectivity index (χ2n) is 8.34. The number of likely N-dealkylation sites (tertiary alicyclic amines) is 1. The minimum atomic E-state index is -4.54. The number of nitrogens with zero attached hydrogens (tertiary/aromatic N) is 4. The Bertz CT molecular complexity index is 1190. The van der Waals surface area contributed by atoms with Gasteiger partial charge in [-0.25, -0.2) is 18.7 Å². The number of nitrogens with one attached hydrogen (secondary N) is 1. The molecule has 11 heteroatoms. The Morgan fingerprint density at radius 1 is 1.14 bits per heavy atom. The first kappa shape index (κ1) is 24.5. The fourth-order valence-electron chi connectivity index (χ4n) is 3.95. The number of rotatable bonds is 5. The molecule has 1 unspecified atom stereocenters. The maximum absolute atomic E-state index is 14.3. The van der Waals surface area contributed by atoms with Gasteiger partial charge in [0.1, 0.15) is 11.5 Å². The number of carbonyl (C=O) groups is 1. The van der Waals surface area contributed by atoms with Gasteiger partial charge in [-0.05, 0) is 43.3 Å². The number of pyridine rings is 3. The summed E-state index contributed by atoms with van der Waals surface area (Å²) in [4.78, 5) is 27.3. The molecule has 1 aliphatic rings. The molecule has 1 amide bonds. The Kier molecular flexibility index (Phi) is 6.68. The minimum absolute atomic E-state index is 0.0853. The lowest BCUT2D eigenvalue weighted by atomic mass is 9.97. The molecular weight excluding hydrogens is 469 g/mol. The number of piperidine rings is 1. The van der Waals surface area contributed by atoms with Gasteiger partial charge in [0.2, 0.25) is 0 Å². The molecule has 0 bridgehead atoms. The van der Waals surface area contributed by atoms with Gasteiger partial charge in [0, 0.05) is 49.6 Å². The fourth-order valence-corrected chi connectivity index (χ4v) is 3.95. The maximum Gasteiger partial charge on any atom is 0.417 e. The first-order valence-corrected chi connectivity index (χ1v) is 10.9. The van der Waals surface area contributed by atoms with E-state index in [0.717, 1.165) is 12.1 Å². The number of halogens is 5. The smallest absolute Gasteiger partial charge is 0.368 e. The van der Waals surface area contributed by atoms with E-state index >= 15 is 0 Å². The second kappa shape index (κ2) is 9.55. The van der Waals surface area contributed by atoms with E-state index in [1.165, 1.54) is 4.90 Å². The van der Waals surface area contributed by atoms with Crippen LogP contribution in [-0.2, 0) is 6.18 Å². The molecule has 3 aromatic rings. The van der Waals surface area contributed by atoms with E-state index in [1.54, 1.807) is 43.5 Å². The maximum atomic E-state index is 14.3. The molecule has 35 heavy (non-hydrogen) atoms. The van der Waals surface area contributed by atoms with Crippen molar-refractivity contribution in [1.29, 1.82) is 0 Å². The Hall–Kier alpha value is -3.63. The molecular formula is C24H22F5N5O. The Balaban J connectivity index is 1.58. The van der Waals surface area contributed by atoms with Crippen LogP contribution in [0.3, 0.4) is 0 Å². The van der Waals surface area contributed by atoms with E-state index in [1.807, 2.05) is 0 Å². The van der Waals surface area contributed by atoms with E-state index < -0.39 is 42.5 Å². The van der Waals surface area contributed by atoms with E-state index in [2.05, 4.69) is 20.3 Å². The summed E-state index contributed by atoms with van der Waals surface area (Å²) in [5.74, 6) is -3.42. The van der Waals surface area contributed by atoms with Crippen molar-refractivity contribution in [3.63, 3.8) is 0 Å². The largest absolute Gasteiger partial charge is 0.417 e. The number of aryl methyl sites for hydroxylation is 1. The lowest BCUT2D eigenvalue weighted by Gasteiger charge is -2.39. The van der Waals surface area contributed by atoms with Crippen LogP contribution in [0.25, 0.3) is 11.3 Å². The molecule has 1 N–H and O–H groups in total. The number of hydrogen-bond donors (Lipinski definition) is 1.